The monoisotopic (exact) mass is 415 g/mol. The summed E-state index contributed by atoms with van der Waals surface area (Å²) in [5.41, 5.74) is 3.28. The molecule has 0 aliphatic rings. The summed E-state index contributed by atoms with van der Waals surface area (Å²) in [4.78, 5) is 4.50. The predicted molar refractivity (Wildman–Crippen MR) is 108 cm³/mol. The van der Waals surface area contributed by atoms with E-state index < -0.39 is 0 Å². The quantitative estimate of drug-likeness (QED) is 0.597. The van der Waals surface area contributed by atoms with Crippen molar-refractivity contribution in [2.24, 2.45) is 7.05 Å². The summed E-state index contributed by atoms with van der Waals surface area (Å²) in [7, 11) is 3.66. The normalized spacial score (nSPS) is 10.6. The molecule has 1 aromatic heterocycles. The Bertz CT molecular complexity index is 875. The molecule has 0 atom stereocenters. The highest BCUT2D eigenvalue weighted by atomic mass is 79.9. The fourth-order valence-corrected chi connectivity index (χ4v) is 3.00. The van der Waals surface area contributed by atoms with Crippen molar-refractivity contribution in [1.29, 1.82) is 0 Å². The summed E-state index contributed by atoms with van der Waals surface area (Å²) in [5, 5.41) is 3.38. The number of nitrogens with one attached hydrogen (secondary N) is 1. The average Bonchev–Trinajstić information content (AvgIpc) is 3.02. The Labute approximate surface area is 162 Å². The van der Waals surface area contributed by atoms with Crippen molar-refractivity contribution >= 4 is 21.9 Å². The number of nitrogens with zero attached hydrogens (tertiary/aromatic N) is 2. The van der Waals surface area contributed by atoms with Crippen LogP contribution in [-0.2, 0) is 13.6 Å². The fourth-order valence-electron chi connectivity index (χ4n) is 2.74. The van der Waals surface area contributed by atoms with E-state index in [0.29, 0.717) is 13.2 Å². The maximum atomic E-state index is 5.56. The van der Waals surface area contributed by atoms with Gasteiger partial charge in [0.25, 0.3) is 0 Å². The van der Waals surface area contributed by atoms with Gasteiger partial charge in [0, 0.05) is 18.1 Å². The third-order valence-electron chi connectivity index (χ3n) is 4.11. The molecule has 3 aromatic rings. The van der Waals surface area contributed by atoms with E-state index in [0.717, 1.165) is 38.7 Å². The van der Waals surface area contributed by atoms with E-state index >= 15 is 0 Å². The van der Waals surface area contributed by atoms with Gasteiger partial charge in [0.2, 0.25) is 5.95 Å². The largest absolute Gasteiger partial charge is 0.493 e. The van der Waals surface area contributed by atoms with Crippen molar-refractivity contribution in [3.63, 3.8) is 0 Å². The lowest BCUT2D eigenvalue weighted by Crippen LogP contribution is -2.06. The molecule has 0 spiro atoms. The molecule has 2 aromatic carbocycles. The van der Waals surface area contributed by atoms with Crippen LogP contribution in [0.4, 0.5) is 5.95 Å². The van der Waals surface area contributed by atoms with Crippen LogP contribution in [0.5, 0.6) is 11.5 Å². The second-order valence-corrected chi connectivity index (χ2v) is 6.72. The Balaban J connectivity index is 1.73. The molecule has 26 heavy (non-hydrogen) atoms. The van der Waals surface area contributed by atoms with E-state index in [9.17, 15) is 0 Å². The molecule has 1 heterocycles. The molecular weight excluding hydrogens is 394 g/mol. The summed E-state index contributed by atoms with van der Waals surface area (Å²) in [5.74, 6) is 2.31. The van der Waals surface area contributed by atoms with Crippen LogP contribution < -0.4 is 14.8 Å². The molecule has 0 fully saturated rings. The number of halogens is 1. The Morgan fingerprint density at radius 2 is 1.88 bits per heavy atom. The highest BCUT2D eigenvalue weighted by Crippen LogP contribution is 2.29. The van der Waals surface area contributed by atoms with Crippen LogP contribution in [0.1, 0.15) is 12.5 Å². The molecule has 0 amide bonds. The smallest absolute Gasteiger partial charge is 0.203 e. The van der Waals surface area contributed by atoms with Gasteiger partial charge in [-0.2, -0.15) is 0 Å². The van der Waals surface area contributed by atoms with Crippen molar-refractivity contribution in [1.82, 2.24) is 9.55 Å². The standard InChI is InChI=1S/C20H22BrN3O2/c1-4-26-18-10-5-14(11-19(18)25-3)12-22-20-23-13-17(24(20)2)15-6-8-16(21)9-7-15/h5-11,13H,4,12H2,1-3H3,(H,22,23). The Morgan fingerprint density at radius 3 is 2.58 bits per heavy atom. The first-order valence-electron chi connectivity index (χ1n) is 8.43. The van der Waals surface area contributed by atoms with Gasteiger partial charge in [0.05, 0.1) is 25.6 Å². The lowest BCUT2D eigenvalue weighted by molar-refractivity contribution is 0.310. The molecule has 136 valence electrons. The van der Waals surface area contributed by atoms with Gasteiger partial charge in [0.15, 0.2) is 11.5 Å². The van der Waals surface area contributed by atoms with E-state index in [1.165, 1.54) is 0 Å². The summed E-state index contributed by atoms with van der Waals surface area (Å²) >= 11 is 3.47. The van der Waals surface area contributed by atoms with Gasteiger partial charge in [-0.15, -0.1) is 0 Å². The van der Waals surface area contributed by atoms with Gasteiger partial charge >= 0.3 is 0 Å². The zero-order chi connectivity index (χ0) is 18.5. The van der Waals surface area contributed by atoms with E-state index in [-0.39, 0.29) is 0 Å². The highest BCUT2D eigenvalue weighted by Gasteiger charge is 2.10. The van der Waals surface area contributed by atoms with Crippen molar-refractivity contribution in [2.75, 3.05) is 19.0 Å². The first kappa shape index (κ1) is 18.3. The van der Waals surface area contributed by atoms with Crippen LogP contribution in [0.25, 0.3) is 11.3 Å². The molecule has 0 bridgehead atoms. The van der Waals surface area contributed by atoms with Gasteiger partial charge in [0.1, 0.15) is 0 Å². The van der Waals surface area contributed by atoms with Crippen LogP contribution in [0.15, 0.2) is 53.1 Å². The molecule has 0 aliphatic carbocycles. The first-order valence-corrected chi connectivity index (χ1v) is 9.23. The highest BCUT2D eigenvalue weighted by molar-refractivity contribution is 9.10. The molecule has 0 unspecified atom stereocenters. The van der Waals surface area contributed by atoms with Crippen LogP contribution in [0.2, 0.25) is 0 Å². The molecule has 5 nitrogen and oxygen atoms in total. The number of hydrogen-bond acceptors (Lipinski definition) is 4. The van der Waals surface area contributed by atoms with Gasteiger partial charge in [-0.25, -0.2) is 4.98 Å². The predicted octanol–water partition coefficient (Wildman–Crippen LogP) is 4.87. The number of aromatic nitrogens is 2. The van der Waals surface area contributed by atoms with E-state index in [2.05, 4.69) is 42.9 Å². The van der Waals surface area contributed by atoms with Crippen LogP contribution in [0.3, 0.4) is 0 Å². The molecule has 0 aliphatic heterocycles. The second kappa shape index (κ2) is 8.27. The summed E-state index contributed by atoms with van der Waals surface area (Å²) in [6.07, 6.45) is 1.88. The summed E-state index contributed by atoms with van der Waals surface area (Å²) in [6, 6.07) is 14.1. The lowest BCUT2D eigenvalue weighted by Gasteiger charge is -2.12. The fraction of sp³-hybridized carbons (Fsp3) is 0.250. The van der Waals surface area contributed by atoms with Crippen LogP contribution >= 0.6 is 15.9 Å². The number of anilines is 1. The average molecular weight is 416 g/mol. The number of imidazole rings is 1. The Kier molecular flexibility index (Phi) is 5.83. The lowest BCUT2D eigenvalue weighted by atomic mass is 10.2. The van der Waals surface area contributed by atoms with Crippen LogP contribution in [-0.4, -0.2) is 23.3 Å². The molecule has 0 saturated carbocycles. The number of benzene rings is 2. The molecule has 0 saturated heterocycles. The summed E-state index contributed by atoms with van der Waals surface area (Å²) < 4.78 is 14.1. The van der Waals surface area contributed by atoms with Gasteiger partial charge in [-0.05, 0) is 42.3 Å². The summed E-state index contributed by atoms with van der Waals surface area (Å²) in [6.45, 7) is 3.21. The molecule has 1 N–H and O–H groups in total. The molecule has 3 rings (SSSR count). The van der Waals surface area contributed by atoms with Crippen molar-refractivity contribution in [3.05, 3.63) is 58.7 Å². The van der Waals surface area contributed by atoms with Crippen LogP contribution in [0, 0.1) is 0 Å². The van der Waals surface area contributed by atoms with Gasteiger partial charge in [-0.1, -0.05) is 34.1 Å². The third-order valence-corrected chi connectivity index (χ3v) is 4.64. The first-order chi connectivity index (χ1) is 12.6. The minimum Gasteiger partial charge on any atom is -0.493 e. The zero-order valence-corrected chi connectivity index (χ0v) is 16.7. The number of hydrogen-bond donors (Lipinski definition) is 1. The van der Waals surface area contributed by atoms with Gasteiger partial charge < -0.3 is 19.4 Å². The van der Waals surface area contributed by atoms with E-state index in [4.69, 9.17) is 9.47 Å². The number of ether oxygens (including phenoxy) is 2. The topological polar surface area (TPSA) is 48.3 Å². The van der Waals surface area contributed by atoms with E-state index in [1.807, 2.05) is 50.5 Å². The minimum absolute atomic E-state index is 0.611. The van der Waals surface area contributed by atoms with Crippen molar-refractivity contribution in [3.8, 4) is 22.8 Å². The minimum atomic E-state index is 0.611. The molecule has 6 heteroatoms. The maximum absolute atomic E-state index is 5.56. The van der Waals surface area contributed by atoms with Gasteiger partial charge in [-0.3, -0.25) is 0 Å². The van der Waals surface area contributed by atoms with E-state index in [1.54, 1.807) is 7.11 Å². The molecular formula is C20H22BrN3O2. The number of methoxy groups -OCH3 is 1. The SMILES string of the molecule is CCOc1ccc(CNc2ncc(-c3ccc(Br)cc3)n2C)cc1OC. The molecule has 0 radical (unpaired) electrons. The van der Waals surface area contributed by atoms with Crippen molar-refractivity contribution < 1.29 is 9.47 Å². The zero-order valence-electron chi connectivity index (χ0n) is 15.1. The maximum Gasteiger partial charge on any atom is 0.203 e. The second-order valence-electron chi connectivity index (χ2n) is 5.80. The number of rotatable bonds is 7. The Morgan fingerprint density at radius 1 is 1.12 bits per heavy atom. The Hall–Kier alpha value is -2.47. The third kappa shape index (κ3) is 4.02. The van der Waals surface area contributed by atoms with Crippen molar-refractivity contribution in [2.45, 2.75) is 13.5 Å².